The minimum Gasteiger partial charge on any atom is -0.481 e. The third-order valence-corrected chi connectivity index (χ3v) is 5.80. The second kappa shape index (κ2) is 3.70. The highest BCUT2D eigenvalue weighted by Crippen LogP contribution is 2.44. The van der Waals surface area contributed by atoms with E-state index in [9.17, 15) is 13.2 Å². The van der Waals surface area contributed by atoms with Crippen molar-refractivity contribution in [1.82, 2.24) is 4.31 Å². The van der Waals surface area contributed by atoms with Crippen LogP contribution in [-0.2, 0) is 14.8 Å². The van der Waals surface area contributed by atoms with Crippen molar-refractivity contribution in [3.63, 3.8) is 0 Å². The Bertz CT molecular complexity index is 399. The smallest absolute Gasteiger partial charge is 0.305 e. The Kier molecular flexibility index (Phi) is 2.74. The molecule has 0 aromatic heterocycles. The van der Waals surface area contributed by atoms with E-state index in [0.29, 0.717) is 19.4 Å². The Labute approximate surface area is 95.5 Å². The summed E-state index contributed by atoms with van der Waals surface area (Å²) in [4.78, 5) is 10.8. The van der Waals surface area contributed by atoms with E-state index in [1.807, 2.05) is 6.92 Å². The molecule has 0 spiro atoms. The van der Waals surface area contributed by atoms with Gasteiger partial charge in [-0.15, -0.1) is 0 Å². The number of hydrogen-bond donors (Lipinski definition) is 1. The summed E-state index contributed by atoms with van der Waals surface area (Å²) < 4.78 is 25.3. The number of sulfonamides is 1. The maximum absolute atomic E-state index is 11.9. The molecule has 6 heteroatoms. The molecule has 0 radical (unpaired) electrons. The third-order valence-electron chi connectivity index (χ3n) is 3.60. The highest BCUT2D eigenvalue weighted by Gasteiger charge is 2.52. The lowest BCUT2D eigenvalue weighted by Crippen LogP contribution is -2.55. The fourth-order valence-corrected chi connectivity index (χ4v) is 5.09. The van der Waals surface area contributed by atoms with Crippen LogP contribution in [0.2, 0.25) is 0 Å². The molecule has 1 atom stereocenters. The Morgan fingerprint density at radius 3 is 2.44 bits per heavy atom. The monoisotopic (exact) mass is 247 g/mol. The molecule has 1 N–H and O–H groups in total. The molecular formula is C10H17NO4S. The fourth-order valence-electron chi connectivity index (χ4n) is 2.77. The molecule has 1 aliphatic heterocycles. The molecule has 0 bridgehead atoms. The lowest BCUT2D eigenvalue weighted by Gasteiger charge is -2.46. The van der Waals surface area contributed by atoms with E-state index in [1.54, 1.807) is 0 Å². The minimum atomic E-state index is -3.23. The first-order valence-electron chi connectivity index (χ1n) is 5.58. The van der Waals surface area contributed by atoms with Gasteiger partial charge in [0.05, 0.1) is 12.2 Å². The van der Waals surface area contributed by atoms with Crippen molar-refractivity contribution in [2.75, 3.05) is 12.3 Å². The molecule has 0 aromatic rings. The summed E-state index contributed by atoms with van der Waals surface area (Å²) >= 11 is 0. The van der Waals surface area contributed by atoms with Gasteiger partial charge >= 0.3 is 5.97 Å². The summed E-state index contributed by atoms with van der Waals surface area (Å²) in [6.07, 6.45) is 2.24. The first-order chi connectivity index (χ1) is 7.36. The third kappa shape index (κ3) is 1.84. The van der Waals surface area contributed by atoms with Crippen molar-refractivity contribution in [3.8, 4) is 0 Å². The van der Waals surface area contributed by atoms with Gasteiger partial charge in [-0.3, -0.25) is 4.79 Å². The lowest BCUT2D eigenvalue weighted by molar-refractivity contribution is -0.141. The molecule has 1 heterocycles. The predicted molar refractivity (Wildman–Crippen MR) is 58.5 cm³/mol. The number of carboxylic acid groups (broad SMARTS) is 1. The Morgan fingerprint density at radius 2 is 2.12 bits per heavy atom. The zero-order valence-electron chi connectivity index (χ0n) is 9.35. The summed E-state index contributed by atoms with van der Waals surface area (Å²) in [7, 11) is -3.23. The molecule has 92 valence electrons. The quantitative estimate of drug-likeness (QED) is 0.795. The maximum atomic E-state index is 11.9. The minimum absolute atomic E-state index is 0.0566. The van der Waals surface area contributed by atoms with Gasteiger partial charge in [0.25, 0.3) is 0 Å². The van der Waals surface area contributed by atoms with Gasteiger partial charge in [0.1, 0.15) is 0 Å². The first-order valence-corrected chi connectivity index (χ1v) is 7.19. The number of hydrogen-bond acceptors (Lipinski definition) is 3. The Morgan fingerprint density at radius 1 is 1.50 bits per heavy atom. The standard InChI is InChI=1S/C10H17NO4S/c1-8-6-11(16(14,15)7-8)10(3-2-4-10)5-9(12)13/h8H,2-7H2,1H3,(H,12,13). The molecule has 16 heavy (non-hydrogen) atoms. The Hall–Kier alpha value is -0.620. The zero-order valence-corrected chi connectivity index (χ0v) is 10.2. The van der Waals surface area contributed by atoms with Crippen LogP contribution in [0, 0.1) is 5.92 Å². The normalized spacial score (nSPS) is 32.2. The van der Waals surface area contributed by atoms with Gasteiger partial charge in [-0.1, -0.05) is 6.92 Å². The van der Waals surface area contributed by atoms with E-state index in [0.717, 1.165) is 6.42 Å². The molecule has 2 fully saturated rings. The highest BCUT2D eigenvalue weighted by atomic mass is 32.2. The largest absolute Gasteiger partial charge is 0.481 e. The second-order valence-electron chi connectivity index (χ2n) is 5.06. The number of carbonyl (C=O) groups is 1. The van der Waals surface area contributed by atoms with Crippen LogP contribution in [-0.4, -0.2) is 41.6 Å². The van der Waals surface area contributed by atoms with Crippen LogP contribution in [0.1, 0.15) is 32.6 Å². The van der Waals surface area contributed by atoms with E-state index in [1.165, 1.54) is 4.31 Å². The van der Waals surface area contributed by atoms with Crippen LogP contribution in [0.5, 0.6) is 0 Å². The second-order valence-corrected chi connectivity index (χ2v) is 7.00. The topological polar surface area (TPSA) is 74.7 Å². The molecule has 1 aliphatic carbocycles. The zero-order chi connectivity index (χ0) is 12.0. The van der Waals surface area contributed by atoms with Gasteiger partial charge in [0, 0.05) is 12.1 Å². The van der Waals surface area contributed by atoms with Crippen LogP contribution < -0.4 is 0 Å². The summed E-state index contributed by atoms with van der Waals surface area (Å²) in [5.74, 6) is -0.639. The summed E-state index contributed by atoms with van der Waals surface area (Å²) in [6, 6.07) is 0. The van der Waals surface area contributed by atoms with Crippen molar-refractivity contribution >= 4 is 16.0 Å². The van der Waals surface area contributed by atoms with Crippen LogP contribution in [0.15, 0.2) is 0 Å². The van der Waals surface area contributed by atoms with Crippen LogP contribution in [0.25, 0.3) is 0 Å². The molecule has 1 saturated carbocycles. The average molecular weight is 247 g/mol. The first kappa shape index (κ1) is 11.9. The van der Waals surface area contributed by atoms with E-state index in [-0.39, 0.29) is 18.1 Å². The van der Waals surface area contributed by atoms with E-state index in [4.69, 9.17) is 5.11 Å². The molecule has 0 aromatic carbocycles. The van der Waals surface area contributed by atoms with Gasteiger partial charge in [-0.25, -0.2) is 8.42 Å². The number of nitrogens with zero attached hydrogens (tertiary/aromatic N) is 1. The number of aliphatic carboxylic acids is 1. The molecule has 1 saturated heterocycles. The molecule has 0 amide bonds. The molecule has 2 rings (SSSR count). The number of carboxylic acids is 1. The molecule has 1 unspecified atom stereocenters. The van der Waals surface area contributed by atoms with Crippen molar-refractivity contribution in [2.24, 2.45) is 5.92 Å². The van der Waals surface area contributed by atoms with E-state index in [2.05, 4.69) is 0 Å². The van der Waals surface area contributed by atoms with Gasteiger partial charge in [0.2, 0.25) is 10.0 Å². The maximum Gasteiger partial charge on any atom is 0.305 e. The van der Waals surface area contributed by atoms with Crippen molar-refractivity contribution in [2.45, 2.75) is 38.1 Å². The van der Waals surface area contributed by atoms with Crippen molar-refractivity contribution in [1.29, 1.82) is 0 Å². The summed E-state index contributed by atoms with van der Waals surface area (Å²) in [6.45, 7) is 2.38. The highest BCUT2D eigenvalue weighted by molar-refractivity contribution is 7.89. The van der Waals surface area contributed by atoms with Crippen LogP contribution >= 0.6 is 0 Å². The Balaban J connectivity index is 2.25. The predicted octanol–water partition coefficient (Wildman–Crippen LogP) is 0.665. The van der Waals surface area contributed by atoms with Gasteiger partial charge < -0.3 is 5.11 Å². The van der Waals surface area contributed by atoms with Crippen molar-refractivity contribution < 1.29 is 18.3 Å². The van der Waals surface area contributed by atoms with Crippen LogP contribution in [0.4, 0.5) is 0 Å². The van der Waals surface area contributed by atoms with Gasteiger partial charge in [-0.2, -0.15) is 4.31 Å². The van der Waals surface area contributed by atoms with Crippen molar-refractivity contribution in [3.05, 3.63) is 0 Å². The molecule has 2 aliphatic rings. The molecule has 5 nitrogen and oxygen atoms in total. The SMILES string of the molecule is CC1CN(C2(CC(=O)O)CCC2)S(=O)(=O)C1. The summed E-state index contributed by atoms with van der Waals surface area (Å²) in [5, 5.41) is 8.89. The fraction of sp³-hybridized carbons (Fsp3) is 0.900. The van der Waals surface area contributed by atoms with Gasteiger partial charge in [-0.05, 0) is 25.2 Å². The molecular weight excluding hydrogens is 230 g/mol. The summed E-state index contributed by atoms with van der Waals surface area (Å²) in [5.41, 5.74) is -0.616. The van der Waals surface area contributed by atoms with Gasteiger partial charge in [0.15, 0.2) is 0 Å². The lowest BCUT2D eigenvalue weighted by atomic mass is 9.74. The van der Waals surface area contributed by atoms with E-state index < -0.39 is 21.5 Å². The van der Waals surface area contributed by atoms with Crippen LogP contribution in [0.3, 0.4) is 0 Å². The average Bonchev–Trinajstić information content (AvgIpc) is 2.32. The number of rotatable bonds is 3. The van der Waals surface area contributed by atoms with E-state index >= 15 is 0 Å².